The molecule has 2 aromatic rings. The second-order valence-electron chi connectivity index (χ2n) is 3.96. The number of ether oxygens (including phenoxy) is 1. The lowest BCUT2D eigenvalue weighted by Gasteiger charge is -2.04. The maximum absolute atomic E-state index is 11.9. The van der Waals surface area contributed by atoms with E-state index in [0.29, 0.717) is 17.4 Å². The van der Waals surface area contributed by atoms with E-state index < -0.39 is 0 Å². The zero-order chi connectivity index (χ0) is 11.7. The fourth-order valence-electron chi connectivity index (χ4n) is 1.48. The second kappa shape index (κ2) is 4.25. The van der Waals surface area contributed by atoms with Gasteiger partial charge in [0.05, 0.1) is 24.0 Å². The Hall–Kier alpha value is -1.75. The van der Waals surface area contributed by atoms with Crippen LogP contribution in [0.25, 0.3) is 0 Å². The zero-order valence-electron chi connectivity index (χ0n) is 9.00. The number of hydrogen-bond acceptors (Lipinski definition) is 5. The molecular formula is C12H10N2O2S. The van der Waals surface area contributed by atoms with Crippen molar-refractivity contribution in [1.82, 2.24) is 8.75 Å². The van der Waals surface area contributed by atoms with E-state index in [2.05, 4.69) is 8.75 Å². The quantitative estimate of drug-likeness (QED) is 0.777. The van der Waals surface area contributed by atoms with Crippen molar-refractivity contribution in [1.29, 1.82) is 0 Å². The van der Waals surface area contributed by atoms with Gasteiger partial charge in [0.1, 0.15) is 11.4 Å². The van der Waals surface area contributed by atoms with Crippen LogP contribution in [0, 0.1) is 0 Å². The van der Waals surface area contributed by atoms with Gasteiger partial charge >= 0.3 is 0 Å². The Bertz CT molecular complexity index is 518. The molecule has 1 saturated carbocycles. The van der Waals surface area contributed by atoms with Gasteiger partial charge in [-0.2, -0.15) is 8.75 Å². The van der Waals surface area contributed by atoms with E-state index >= 15 is 0 Å². The van der Waals surface area contributed by atoms with Gasteiger partial charge in [-0.05, 0) is 37.1 Å². The highest BCUT2D eigenvalue weighted by Crippen LogP contribution is 2.26. The Labute approximate surface area is 103 Å². The lowest BCUT2D eigenvalue weighted by molar-refractivity contribution is 0.103. The highest BCUT2D eigenvalue weighted by atomic mass is 32.1. The summed E-state index contributed by atoms with van der Waals surface area (Å²) in [6.45, 7) is 0. The van der Waals surface area contributed by atoms with Crippen molar-refractivity contribution >= 4 is 17.5 Å². The molecule has 0 atom stereocenters. The molecule has 0 aliphatic heterocycles. The van der Waals surface area contributed by atoms with Crippen LogP contribution < -0.4 is 4.74 Å². The maximum atomic E-state index is 11.9. The van der Waals surface area contributed by atoms with Crippen LogP contribution in [0.1, 0.15) is 28.9 Å². The number of hydrogen-bond donors (Lipinski definition) is 0. The van der Waals surface area contributed by atoms with Crippen LogP contribution in [0.3, 0.4) is 0 Å². The van der Waals surface area contributed by atoms with E-state index in [1.54, 1.807) is 12.1 Å². The van der Waals surface area contributed by atoms with E-state index in [9.17, 15) is 4.79 Å². The third-order valence-corrected chi connectivity index (χ3v) is 3.02. The average molecular weight is 246 g/mol. The summed E-state index contributed by atoms with van der Waals surface area (Å²) in [5, 5.41) is 0. The highest BCUT2D eigenvalue weighted by molar-refractivity contribution is 6.99. The van der Waals surface area contributed by atoms with E-state index in [0.717, 1.165) is 30.3 Å². The largest absolute Gasteiger partial charge is 0.490 e. The number of carbonyl (C=O) groups excluding carboxylic acids is 1. The number of carbonyl (C=O) groups is 1. The number of nitrogens with zero attached hydrogens (tertiary/aromatic N) is 2. The van der Waals surface area contributed by atoms with Gasteiger partial charge in [0, 0.05) is 5.56 Å². The predicted molar refractivity (Wildman–Crippen MR) is 63.4 cm³/mol. The lowest BCUT2D eigenvalue weighted by Crippen LogP contribution is -2.02. The van der Waals surface area contributed by atoms with Crippen molar-refractivity contribution < 1.29 is 9.53 Å². The van der Waals surface area contributed by atoms with Gasteiger partial charge in [-0.15, -0.1) is 0 Å². The van der Waals surface area contributed by atoms with Crippen LogP contribution >= 0.6 is 11.7 Å². The Morgan fingerprint density at radius 1 is 1.29 bits per heavy atom. The van der Waals surface area contributed by atoms with Crippen molar-refractivity contribution in [2.45, 2.75) is 18.9 Å². The van der Waals surface area contributed by atoms with Crippen LogP contribution in [0.15, 0.2) is 30.5 Å². The summed E-state index contributed by atoms with van der Waals surface area (Å²) in [5.74, 6) is 0.720. The summed E-state index contributed by atoms with van der Waals surface area (Å²) in [4.78, 5) is 11.9. The molecule has 0 unspecified atom stereocenters. The molecule has 5 heteroatoms. The van der Waals surface area contributed by atoms with Gasteiger partial charge in [-0.1, -0.05) is 0 Å². The van der Waals surface area contributed by atoms with Crippen molar-refractivity contribution in [3.05, 3.63) is 41.7 Å². The summed E-state index contributed by atoms with van der Waals surface area (Å²) in [6, 6.07) is 7.18. The van der Waals surface area contributed by atoms with Gasteiger partial charge < -0.3 is 4.74 Å². The first-order valence-electron chi connectivity index (χ1n) is 5.42. The molecular weight excluding hydrogens is 236 g/mol. The van der Waals surface area contributed by atoms with Gasteiger partial charge in [0.2, 0.25) is 5.78 Å². The molecule has 1 fully saturated rings. The molecule has 1 aromatic carbocycles. The minimum atomic E-state index is -0.100. The molecule has 0 N–H and O–H groups in total. The number of aromatic nitrogens is 2. The van der Waals surface area contributed by atoms with Crippen LogP contribution in [0.4, 0.5) is 0 Å². The Kier molecular flexibility index (Phi) is 2.60. The van der Waals surface area contributed by atoms with Gasteiger partial charge in [-0.3, -0.25) is 4.79 Å². The SMILES string of the molecule is O=C(c1ccc(OC2CC2)cc1)c1cnsn1. The minimum Gasteiger partial charge on any atom is -0.490 e. The molecule has 1 heterocycles. The van der Waals surface area contributed by atoms with Crippen molar-refractivity contribution in [2.75, 3.05) is 0 Å². The Morgan fingerprint density at radius 3 is 2.65 bits per heavy atom. The van der Waals surface area contributed by atoms with E-state index in [4.69, 9.17) is 4.74 Å². The van der Waals surface area contributed by atoms with Crippen molar-refractivity contribution in [2.24, 2.45) is 0 Å². The van der Waals surface area contributed by atoms with E-state index in [1.165, 1.54) is 6.20 Å². The zero-order valence-corrected chi connectivity index (χ0v) is 9.81. The van der Waals surface area contributed by atoms with Crippen molar-refractivity contribution in [3.63, 3.8) is 0 Å². The van der Waals surface area contributed by atoms with Crippen LogP contribution in [-0.2, 0) is 0 Å². The molecule has 0 amide bonds. The molecule has 0 saturated heterocycles. The van der Waals surface area contributed by atoms with Crippen molar-refractivity contribution in [3.8, 4) is 5.75 Å². The lowest BCUT2D eigenvalue weighted by atomic mass is 10.1. The fourth-order valence-corrected chi connectivity index (χ4v) is 1.89. The first kappa shape index (κ1) is 10.4. The van der Waals surface area contributed by atoms with Crippen LogP contribution in [0.2, 0.25) is 0 Å². The molecule has 0 radical (unpaired) electrons. The number of rotatable bonds is 4. The van der Waals surface area contributed by atoms with Gasteiger partial charge in [-0.25, -0.2) is 0 Å². The van der Waals surface area contributed by atoms with Gasteiger partial charge in [0.25, 0.3) is 0 Å². The smallest absolute Gasteiger partial charge is 0.214 e. The molecule has 0 bridgehead atoms. The number of ketones is 1. The Morgan fingerprint density at radius 2 is 2.06 bits per heavy atom. The minimum absolute atomic E-state index is 0.100. The standard InChI is InChI=1S/C12H10N2O2S/c15-12(11-7-13-17-14-11)8-1-3-9(4-2-8)16-10-5-6-10/h1-4,7,10H,5-6H2. The fraction of sp³-hybridized carbons (Fsp3) is 0.250. The monoisotopic (exact) mass is 246 g/mol. The van der Waals surface area contributed by atoms with E-state index in [-0.39, 0.29) is 5.78 Å². The maximum Gasteiger partial charge on any atom is 0.214 e. The molecule has 0 spiro atoms. The summed E-state index contributed by atoms with van der Waals surface area (Å²) in [5.41, 5.74) is 1.01. The van der Waals surface area contributed by atoms with Crippen LogP contribution in [-0.4, -0.2) is 20.6 Å². The Balaban J connectivity index is 1.77. The molecule has 4 nitrogen and oxygen atoms in total. The third kappa shape index (κ3) is 2.34. The predicted octanol–water partition coefficient (Wildman–Crippen LogP) is 2.31. The van der Waals surface area contributed by atoms with Gasteiger partial charge in [0.15, 0.2) is 0 Å². The molecule has 1 aliphatic rings. The summed E-state index contributed by atoms with van der Waals surface area (Å²) < 4.78 is 13.4. The molecule has 86 valence electrons. The molecule has 3 rings (SSSR count). The van der Waals surface area contributed by atoms with Crippen LogP contribution in [0.5, 0.6) is 5.75 Å². The highest BCUT2D eigenvalue weighted by Gasteiger charge is 2.23. The molecule has 1 aromatic heterocycles. The molecule has 17 heavy (non-hydrogen) atoms. The normalized spacial score (nSPS) is 14.6. The summed E-state index contributed by atoms with van der Waals surface area (Å²) in [6.07, 6.45) is 4.12. The third-order valence-electron chi connectivity index (χ3n) is 2.54. The summed E-state index contributed by atoms with van der Waals surface area (Å²) in [7, 11) is 0. The average Bonchev–Trinajstić information content (AvgIpc) is 3.00. The molecule has 1 aliphatic carbocycles. The van der Waals surface area contributed by atoms with E-state index in [1.807, 2.05) is 12.1 Å². The topological polar surface area (TPSA) is 52.1 Å². The number of benzene rings is 1. The summed E-state index contributed by atoms with van der Waals surface area (Å²) >= 11 is 1.04. The second-order valence-corrected chi connectivity index (χ2v) is 4.52. The first-order chi connectivity index (χ1) is 8.33. The first-order valence-corrected chi connectivity index (χ1v) is 6.15.